The molecule has 31 heavy (non-hydrogen) atoms. The van der Waals surface area contributed by atoms with Crippen molar-refractivity contribution in [1.82, 2.24) is 10.3 Å². The quantitative estimate of drug-likeness (QED) is 0.451. The van der Waals surface area contributed by atoms with Gasteiger partial charge in [0, 0.05) is 21.8 Å². The van der Waals surface area contributed by atoms with E-state index >= 15 is 0 Å². The second kappa shape index (κ2) is 9.36. The molecule has 2 heterocycles. The number of pyridine rings is 1. The van der Waals surface area contributed by atoms with Crippen LogP contribution in [0.3, 0.4) is 0 Å². The summed E-state index contributed by atoms with van der Waals surface area (Å²) in [6, 6.07) is 17.2. The molecular formula is C23H18FN3O3S. The Morgan fingerprint density at radius 1 is 1.03 bits per heavy atom. The molecule has 156 valence electrons. The van der Waals surface area contributed by atoms with Crippen molar-refractivity contribution in [3.05, 3.63) is 89.3 Å². The number of rotatable bonds is 7. The predicted molar refractivity (Wildman–Crippen MR) is 118 cm³/mol. The Bertz CT molecular complexity index is 1210. The number of nitrogens with one attached hydrogen (secondary N) is 2. The van der Waals surface area contributed by atoms with Crippen LogP contribution in [0.5, 0.6) is 5.75 Å². The van der Waals surface area contributed by atoms with Gasteiger partial charge < -0.3 is 15.4 Å². The smallest absolute Gasteiger partial charge is 0.262 e. The molecule has 0 atom stereocenters. The molecule has 8 heteroatoms. The third-order valence-corrected chi connectivity index (χ3v) is 5.65. The monoisotopic (exact) mass is 435 g/mol. The van der Waals surface area contributed by atoms with E-state index in [1.54, 1.807) is 42.6 Å². The van der Waals surface area contributed by atoms with E-state index in [2.05, 4.69) is 15.6 Å². The molecule has 0 unspecified atom stereocenters. The maximum absolute atomic E-state index is 14.6. The van der Waals surface area contributed by atoms with E-state index in [4.69, 9.17) is 4.74 Å². The summed E-state index contributed by atoms with van der Waals surface area (Å²) in [5, 5.41) is 5.60. The van der Waals surface area contributed by atoms with Crippen molar-refractivity contribution in [2.24, 2.45) is 0 Å². The average Bonchev–Trinajstić information content (AvgIpc) is 3.17. The molecule has 4 rings (SSSR count). The predicted octanol–water partition coefficient (Wildman–Crippen LogP) is 4.38. The van der Waals surface area contributed by atoms with Gasteiger partial charge >= 0.3 is 0 Å². The summed E-state index contributed by atoms with van der Waals surface area (Å²) in [7, 11) is 0. The van der Waals surface area contributed by atoms with Crippen LogP contribution < -0.4 is 15.4 Å². The summed E-state index contributed by atoms with van der Waals surface area (Å²) in [6.45, 7) is -0.209. The second-order valence-electron chi connectivity index (χ2n) is 6.60. The number of halogens is 1. The van der Waals surface area contributed by atoms with Crippen molar-refractivity contribution in [2.45, 2.75) is 6.61 Å². The standard InChI is InChI=1S/C23H18FN3O3S/c24-18-9-4-10-19-21(18)17(14-30-16-7-2-1-3-8-16)22(31-19)23(29)26-13-20(28)27-15-6-5-11-25-12-15/h1-12H,13-14H2,(H,26,29)(H,27,28). The van der Waals surface area contributed by atoms with Gasteiger partial charge in [0.2, 0.25) is 5.91 Å². The number of carbonyl (C=O) groups excluding carboxylic acids is 2. The van der Waals surface area contributed by atoms with Gasteiger partial charge in [0.25, 0.3) is 5.91 Å². The zero-order valence-corrected chi connectivity index (χ0v) is 17.1. The lowest BCUT2D eigenvalue weighted by Gasteiger charge is -2.09. The number of thiophene rings is 1. The van der Waals surface area contributed by atoms with Crippen molar-refractivity contribution in [3.8, 4) is 5.75 Å². The van der Waals surface area contributed by atoms with E-state index in [1.165, 1.54) is 12.3 Å². The Kier molecular flexibility index (Phi) is 6.18. The van der Waals surface area contributed by atoms with Crippen molar-refractivity contribution in [2.75, 3.05) is 11.9 Å². The van der Waals surface area contributed by atoms with Gasteiger partial charge in [-0.05, 0) is 36.4 Å². The summed E-state index contributed by atoms with van der Waals surface area (Å²) in [5.41, 5.74) is 0.981. The number of aromatic nitrogens is 1. The molecule has 2 amide bonds. The Morgan fingerprint density at radius 3 is 2.65 bits per heavy atom. The second-order valence-corrected chi connectivity index (χ2v) is 7.65. The highest BCUT2D eigenvalue weighted by atomic mass is 32.1. The number of amides is 2. The van der Waals surface area contributed by atoms with E-state index in [1.807, 2.05) is 18.2 Å². The fraction of sp³-hybridized carbons (Fsp3) is 0.0870. The first kappa shape index (κ1) is 20.5. The fourth-order valence-electron chi connectivity index (χ4n) is 3.04. The van der Waals surface area contributed by atoms with Crippen LogP contribution in [0.1, 0.15) is 15.2 Å². The Morgan fingerprint density at radius 2 is 1.87 bits per heavy atom. The van der Waals surface area contributed by atoms with Crippen molar-refractivity contribution in [3.63, 3.8) is 0 Å². The number of nitrogens with zero attached hydrogens (tertiary/aromatic N) is 1. The lowest BCUT2D eigenvalue weighted by atomic mass is 10.1. The Hall–Kier alpha value is -3.78. The van der Waals surface area contributed by atoms with Gasteiger partial charge in [-0.25, -0.2) is 4.39 Å². The highest BCUT2D eigenvalue weighted by molar-refractivity contribution is 7.21. The normalized spacial score (nSPS) is 10.6. The van der Waals surface area contributed by atoms with Crippen LogP contribution in [0.15, 0.2) is 73.1 Å². The molecule has 0 aliphatic carbocycles. The van der Waals surface area contributed by atoms with Gasteiger partial charge in [0.1, 0.15) is 18.2 Å². The first-order chi connectivity index (χ1) is 15.1. The van der Waals surface area contributed by atoms with Crippen molar-refractivity contribution < 1.29 is 18.7 Å². The number of benzene rings is 2. The number of hydrogen-bond acceptors (Lipinski definition) is 5. The molecule has 0 aliphatic rings. The summed E-state index contributed by atoms with van der Waals surface area (Å²) in [6.07, 6.45) is 3.10. The van der Waals surface area contributed by atoms with E-state index in [-0.39, 0.29) is 13.2 Å². The first-order valence-electron chi connectivity index (χ1n) is 9.47. The molecule has 2 aromatic carbocycles. The van der Waals surface area contributed by atoms with Crippen LogP contribution in [0.25, 0.3) is 10.1 Å². The molecule has 6 nitrogen and oxygen atoms in total. The van der Waals surface area contributed by atoms with Gasteiger partial charge in [-0.15, -0.1) is 11.3 Å². The molecule has 2 aromatic heterocycles. The minimum absolute atomic E-state index is 0.0234. The maximum atomic E-state index is 14.6. The number of ether oxygens (including phenoxy) is 1. The number of hydrogen-bond donors (Lipinski definition) is 2. The highest BCUT2D eigenvalue weighted by Crippen LogP contribution is 2.34. The third-order valence-electron chi connectivity index (χ3n) is 4.45. The van der Waals surface area contributed by atoms with Gasteiger partial charge in [0.15, 0.2) is 0 Å². The number of anilines is 1. The van der Waals surface area contributed by atoms with E-state index in [0.29, 0.717) is 32.0 Å². The Balaban J connectivity index is 1.52. The van der Waals surface area contributed by atoms with Crippen molar-refractivity contribution in [1.29, 1.82) is 0 Å². The molecular weight excluding hydrogens is 417 g/mol. The molecule has 0 aliphatic heterocycles. The summed E-state index contributed by atoms with van der Waals surface area (Å²) in [5.74, 6) is -0.668. The van der Waals surface area contributed by atoms with Gasteiger partial charge in [-0.1, -0.05) is 24.3 Å². The molecule has 0 radical (unpaired) electrons. The molecule has 0 saturated heterocycles. The van der Waals surface area contributed by atoms with E-state index in [9.17, 15) is 14.0 Å². The molecule has 0 fully saturated rings. The highest BCUT2D eigenvalue weighted by Gasteiger charge is 2.21. The van der Waals surface area contributed by atoms with Crippen LogP contribution in [-0.2, 0) is 11.4 Å². The van der Waals surface area contributed by atoms with E-state index < -0.39 is 17.6 Å². The van der Waals surface area contributed by atoms with Crippen LogP contribution in [0.2, 0.25) is 0 Å². The zero-order chi connectivity index (χ0) is 21.6. The topological polar surface area (TPSA) is 80.3 Å². The van der Waals surface area contributed by atoms with Gasteiger partial charge in [0.05, 0.1) is 23.3 Å². The molecule has 4 aromatic rings. The number of carbonyl (C=O) groups is 2. The minimum atomic E-state index is -0.464. The Labute approximate surface area is 181 Å². The number of para-hydroxylation sites is 1. The lowest BCUT2D eigenvalue weighted by Crippen LogP contribution is -2.33. The van der Waals surface area contributed by atoms with Crippen LogP contribution in [0.4, 0.5) is 10.1 Å². The van der Waals surface area contributed by atoms with Crippen LogP contribution >= 0.6 is 11.3 Å². The third kappa shape index (κ3) is 4.87. The average molecular weight is 435 g/mol. The summed E-state index contributed by atoms with van der Waals surface area (Å²) in [4.78, 5) is 29.2. The zero-order valence-electron chi connectivity index (χ0n) is 16.3. The van der Waals surface area contributed by atoms with Gasteiger partial charge in [-0.3, -0.25) is 14.6 Å². The molecule has 0 spiro atoms. The number of fused-ring (bicyclic) bond motifs is 1. The summed E-state index contributed by atoms with van der Waals surface area (Å²) < 4.78 is 21.0. The minimum Gasteiger partial charge on any atom is -0.489 e. The largest absolute Gasteiger partial charge is 0.489 e. The molecule has 2 N–H and O–H groups in total. The van der Waals surface area contributed by atoms with E-state index in [0.717, 1.165) is 11.3 Å². The first-order valence-corrected chi connectivity index (χ1v) is 10.3. The van der Waals surface area contributed by atoms with Crippen LogP contribution in [0, 0.1) is 5.82 Å². The molecule has 0 saturated carbocycles. The molecule has 0 bridgehead atoms. The van der Waals surface area contributed by atoms with Crippen molar-refractivity contribution >= 4 is 38.9 Å². The van der Waals surface area contributed by atoms with Gasteiger partial charge in [-0.2, -0.15) is 0 Å². The van der Waals surface area contributed by atoms with Crippen LogP contribution in [-0.4, -0.2) is 23.3 Å². The SMILES string of the molecule is O=C(CNC(=O)c1sc2cccc(F)c2c1COc1ccccc1)Nc1cccnc1. The summed E-state index contributed by atoms with van der Waals surface area (Å²) >= 11 is 1.16. The maximum Gasteiger partial charge on any atom is 0.262 e. The lowest BCUT2D eigenvalue weighted by molar-refractivity contribution is -0.115. The fourth-order valence-corrected chi connectivity index (χ4v) is 4.18.